The summed E-state index contributed by atoms with van der Waals surface area (Å²) >= 11 is 0. The van der Waals surface area contributed by atoms with Gasteiger partial charge in [0.2, 0.25) is 0 Å². The summed E-state index contributed by atoms with van der Waals surface area (Å²) in [6.45, 7) is 0. The third kappa shape index (κ3) is 3.23. The third-order valence-electron chi connectivity index (χ3n) is 3.19. The molecule has 3 aromatic rings. The molecule has 0 aromatic carbocycles. The second kappa shape index (κ2) is 6.13. The monoisotopic (exact) mass is 278 g/mol. The van der Waals surface area contributed by atoms with Gasteiger partial charge in [0, 0.05) is 30.8 Å². The summed E-state index contributed by atoms with van der Waals surface area (Å²) in [6, 6.07) is 13.0. The van der Waals surface area contributed by atoms with Gasteiger partial charge >= 0.3 is 0 Å². The van der Waals surface area contributed by atoms with Crippen LogP contribution in [0.15, 0.2) is 65.5 Å². The molecule has 3 heterocycles. The summed E-state index contributed by atoms with van der Waals surface area (Å²) in [5, 5.41) is 0. The van der Waals surface area contributed by atoms with E-state index in [4.69, 9.17) is 4.42 Å². The van der Waals surface area contributed by atoms with Gasteiger partial charge in [0.1, 0.15) is 5.76 Å². The van der Waals surface area contributed by atoms with Crippen molar-refractivity contribution >= 4 is 5.78 Å². The van der Waals surface area contributed by atoms with Crippen LogP contribution in [0.5, 0.6) is 0 Å². The largest absolute Gasteiger partial charge is 0.469 e. The number of aromatic nitrogens is 2. The van der Waals surface area contributed by atoms with Crippen LogP contribution in [-0.4, -0.2) is 15.8 Å². The number of pyridine rings is 2. The molecule has 4 nitrogen and oxygen atoms in total. The average molecular weight is 278 g/mol. The van der Waals surface area contributed by atoms with Gasteiger partial charge in [-0.2, -0.15) is 0 Å². The van der Waals surface area contributed by atoms with Crippen LogP contribution in [0.4, 0.5) is 0 Å². The number of carbonyl (C=O) groups excluding carboxylic acids is 1. The minimum atomic E-state index is 0.0615. The second-order valence-corrected chi connectivity index (χ2v) is 4.65. The van der Waals surface area contributed by atoms with Crippen molar-refractivity contribution in [3.63, 3.8) is 0 Å². The molecule has 4 heteroatoms. The highest BCUT2D eigenvalue weighted by atomic mass is 16.3. The van der Waals surface area contributed by atoms with Gasteiger partial charge in [0.25, 0.3) is 0 Å². The van der Waals surface area contributed by atoms with Crippen molar-refractivity contribution in [1.29, 1.82) is 0 Å². The van der Waals surface area contributed by atoms with E-state index >= 15 is 0 Å². The number of aryl methyl sites for hydroxylation is 1. The zero-order valence-corrected chi connectivity index (χ0v) is 11.4. The van der Waals surface area contributed by atoms with Crippen LogP contribution in [0.1, 0.15) is 22.5 Å². The van der Waals surface area contributed by atoms with Crippen molar-refractivity contribution in [1.82, 2.24) is 9.97 Å². The molecule has 21 heavy (non-hydrogen) atoms. The maximum Gasteiger partial charge on any atom is 0.164 e. The summed E-state index contributed by atoms with van der Waals surface area (Å²) in [7, 11) is 0. The summed E-state index contributed by atoms with van der Waals surface area (Å²) in [5.74, 6) is 0.882. The predicted molar refractivity (Wildman–Crippen MR) is 78.8 cm³/mol. The normalized spacial score (nSPS) is 10.5. The first-order chi connectivity index (χ1) is 10.3. The van der Waals surface area contributed by atoms with E-state index in [2.05, 4.69) is 9.97 Å². The molecule has 3 rings (SSSR count). The number of nitrogens with zero attached hydrogens (tertiary/aromatic N) is 2. The van der Waals surface area contributed by atoms with E-state index in [0.717, 1.165) is 17.1 Å². The first-order valence-electron chi connectivity index (χ1n) is 6.76. The Hall–Kier alpha value is -2.75. The highest BCUT2D eigenvalue weighted by Gasteiger charge is 2.08. The summed E-state index contributed by atoms with van der Waals surface area (Å²) in [6.07, 6.45) is 5.96. The van der Waals surface area contributed by atoms with Gasteiger partial charge in [0.15, 0.2) is 5.78 Å². The first-order valence-corrected chi connectivity index (χ1v) is 6.76. The zero-order chi connectivity index (χ0) is 14.5. The SMILES string of the molecule is O=C(CCc1ccco1)c1ccc(-c2ccccn2)nc1. The van der Waals surface area contributed by atoms with Gasteiger partial charge in [-0.15, -0.1) is 0 Å². The maximum absolute atomic E-state index is 12.1. The summed E-state index contributed by atoms with van der Waals surface area (Å²) in [4.78, 5) is 20.6. The number of furan rings is 1. The van der Waals surface area contributed by atoms with Gasteiger partial charge in [-0.25, -0.2) is 0 Å². The molecule has 0 unspecified atom stereocenters. The number of hydrogen-bond acceptors (Lipinski definition) is 4. The molecule has 0 fully saturated rings. The topological polar surface area (TPSA) is 56.0 Å². The molecule has 0 bridgehead atoms. The van der Waals surface area contributed by atoms with E-state index in [1.165, 1.54) is 0 Å². The molecule has 0 spiro atoms. The van der Waals surface area contributed by atoms with Crippen LogP contribution in [0.3, 0.4) is 0 Å². The number of ketones is 1. The number of carbonyl (C=O) groups is 1. The molecule has 3 aromatic heterocycles. The van der Waals surface area contributed by atoms with Crippen LogP contribution in [0.25, 0.3) is 11.4 Å². The van der Waals surface area contributed by atoms with Crippen LogP contribution >= 0.6 is 0 Å². The predicted octanol–water partition coefficient (Wildman–Crippen LogP) is 3.55. The molecule has 0 saturated heterocycles. The van der Waals surface area contributed by atoms with Crippen LogP contribution in [0, 0.1) is 0 Å². The molecule has 0 saturated carbocycles. The first kappa shape index (κ1) is 13.2. The molecule has 0 aliphatic heterocycles. The zero-order valence-electron chi connectivity index (χ0n) is 11.4. The molecular weight excluding hydrogens is 264 g/mol. The Bertz CT molecular complexity index is 704. The van der Waals surface area contributed by atoms with Crippen molar-refractivity contribution < 1.29 is 9.21 Å². The quantitative estimate of drug-likeness (QED) is 0.670. The minimum Gasteiger partial charge on any atom is -0.469 e. The van der Waals surface area contributed by atoms with Crippen LogP contribution in [0.2, 0.25) is 0 Å². The molecule has 0 aliphatic rings. The van der Waals surface area contributed by atoms with Crippen molar-refractivity contribution in [2.24, 2.45) is 0 Å². The fourth-order valence-corrected chi connectivity index (χ4v) is 2.06. The van der Waals surface area contributed by atoms with Gasteiger partial charge in [-0.05, 0) is 36.4 Å². The lowest BCUT2D eigenvalue weighted by molar-refractivity contribution is 0.0980. The summed E-state index contributed by atoms with van der Waals surface area (Å²) < 4.78 is 5.22. The molecule has 0 aliphatic carbocycles. The van der Waals surface area contributed by atoms with Crippen molar-refractivity contribution in [2.45, 2.75) is 12.8 Å². The minimum absolute atomic E-state index is 0.0615. The highest BCUT2D eigenvalue weighted by molar-refractivity contribution is 5.96. The van der Waals surface area contributed by atoms with E-state index in [1.807, 2.05) is 36.4 Å². The van der Waals surface area contributed by atoms with E-state index in [1.54, 1.807) is 24.7 Å². The van der Waals surface area contributed by atoms with Gasteiger partial charge in [0.05, 0.1) is 17.7 Å². The van der Waals surface area contributed by atoms with Crippen LogP contribution < -0.4 is 0 Å². The Morgan fingerprint density at radius 1 is 1.00 bits per heavy atom. The number of rotatable bonds is 5. The van der Waals surface area contributed by atoms with Crippen molar-refractivity contribution in [3.8, 4) is 11.4 Å². The maximum atomic E-state index is 12.1. The highest BCUT2D eigenvalue weighted by Crippen LogP contribution is 2.15. The Kier molecular flexibility index (Phi) is 3.87. The lowest BCUT2D eigenvalue weighted by Crippen LogP contribution is -2.01. The lowest BCUT2D eigenvalue weighted by Gasteiger charge is -2.02. The van der Waals surface area contributed by atoms with Crippen LogP contribution in [-0.2, 0) is 6.42 Å². The van der Waals surface area contributed by atoms with Gasteiger partial charge in [-0.3, -0.25) is 14.8 Å². The smallest absolute Gasteiger partial charge is 0.164 e. The number of hydrogen-bond donors (Lipinski definition) is 0. The standard InChI is InChI=1S/C17H14N2O2/c20-17(9-7-14-4-3-11-21-14)13-6-8-16(19-12-13)15-5-1-2-10-18-15/h1-6,8,10-12H,7,9H2. The molecular formula is C17H14N2O2. The van der Waals surface area contributed by atoms with Crippen molar-refractivity contribution in [3.05, 3.63) is 72.4 Å². The van der Waals surface area contributed by atoms with Crippen molar-refractivity contribution in [2.75, 3.05) is 0 Å². The van der Waals surface area contributed by atoms with Gasteiger partial charge in [-0.1, -0.05) is 6.07 Å². The Morgan fingerprint density at radius 2 is 1.90 bits per heavy atom. The Labute approximate surface area is 122 Å². The summed E-state index contributed by atoms with van der Waals surface area (Å²) in [5.41, 5.74) is 2.17. The van der Waals surface area contributed by atoms with Gasteiger partial charge < -0.3 is 4.42 Å². The number of Topliss-reactive ketones (excluding diaryl/α,β-unsaturated/α-hetero) is 1. The van der Waals surface area contributed by atoms with E-state index in [-0.39, 0.29) is 5.78 Å². The molecule has 0 atom stereocenters. The van der Waals surface area contributed by atoms with E-state index in [9.17, 15) is 4.79 Å². The third-order valence-corrected chi connectivity index (χ3v) is 3.19. The van der Waals surface area contributed by atoms with E-state index < -0.39 is 0 Å². The Morgan fingerprint density at radius 3 is 2.57 bits per heavy atom. The van der Waals surface area contributed by atoms with E-state index in [0.29, 0.717) is 18.4 Å². The molecule has 0 radical (unpaired) electrons. The molecule has 0 amide bonds. The fraction of sp³-hybridized carbons (Fsp3) is 0.118. The fourth-order valence-electron chi connectivity index (χ4n) is 2.06. The Balaban J connectivity index is 1.67. The molecule has 104 valence electrons. The second-order valence-electron chi connectivity index (χ2n) is 4.65. The average Bonchev–Trinajstić information content (AvgIpc) is 3.07. The lowest BCUT2D eigenvalue weighted by atomic mass is 10.1. The molecule has 0 N–H and O–H groups in total.